The Morgan fingerprint density at radius 3 is 2.67 bits per heavy atom. The third-order valence-electron chi connectivity index (χ3n) is 4.13. The second kappa shape index (κ2) is 8.15. The molecule has 1 aromatic carbocycles. The monoisotopic (exact) mass is 291 g/mol. The van der Waals surface area contributed by atoms with Crippen molar-refractivity contribution in [1.82, 2.24) is 4.90 Å². The molecule has 0 atom stereocenters. The van der Waals surface area contributed by atoms with Crippen LogP contribution in [-0.2, 0) is 0 Å². The van der Waals surface area contributed by atoms with E-state index in [0.29, 0.717) is 30.5 Å². The lowest BCUT2D eigenvalue weighted by Gasteiger charge is -2.28. The molecule has 0 spiro atoms. The van der Waals surface area contributed by atoms with E-state index >= 15 is 0 Å². The Balaban J connectivity index is 1.88. The molecule has 0 amide bonds. The van der Waals surface area contributed by atoms with Gasteiger partial charge in [0.15, 0.2) is 5.78 Å². The predicted molar refractivity (Wildman–Crippen MR) is 82.9 cm³/mol. The average Bonchev–Trinajstić information content (AvgIpc) is 3.01. The van der Waals surface area contributed by atoms with Crippen LogP contribution in [-0.4, -0.2) is 48.1 Å². The predicted octanol–water partition coefficient (Wildman–Crippen LogP) is 2.50. The van der Waals surface area contributed by atoms with Gasteiger partial charge in [-0.05, 0) is 31.9 Å². The zero-order chi connectivity index (χ0) is 15.1. The normalized spacial score (nSPS) is 15.6. The van der Waals surface area contributed by atoms with Gasteiger partial charge >= 0.3 is 0 Å². The Morgan fingerprint density at radius 1 is 1.29 bits per heavy atom. The average molecular weight is 291 g/mol. The van der Waals surface area contributed by atoms with E-state index in [2.05, 4.69) is 4.90 Å². The Morgan fingerprint density at radius 2 is 2.00 bits per heavy atom. The van der Waals surface area contributed by atoms with E-state index in [9.17, 15) is 9.90 Å². The highest BCUT2D eigenvalue weighted by atomic mass is 16.5. The molecular weight excluding hydrogens is 266 g/mol. The molecule has 2 rings (SSSR count). The van der Waals surface area contributed by atoms with Crippen LogP contribution in [0.25, 0.3) is 0 Å². The Hall–Kier alpha value is -1.39. The van der Waals surface area contributed by atoms with E-state index < -0.39 is 0 Å². The highest BCUT2D eigenvalue weighted by Gasteiger charge is 2.22. The van der Waals surface area contributed by atoms with Crippen molar-refractivity contribution in [2.75, 3.05) is 26.3 Å². The second-order valence-corrected chi connectivity index (χ2v) is 5.60. The Bertz CT molecular complexity index is 455. The lowest BCUT2D eigenvalue weighted by Crippen LogP contribution is -2.38. The first-order valence-corrected chi connectivity index (χ1v) is 7.80. The van der Waals surface area contributed by atoms with E-state index in [0.717, 1.165) is 6.54 Å². The third kappa shape index (κ3) is 4.55. The van der Waals surface area contributed by atoms with Gasteiger partial charge in [0.1, 0.15) is 12.4 Å². The van der Waals surface area contributed by atoms with Crippen molar-refractivity contribution in [2.24, 2.45) is 0 Å². The third-order valence-corrected chi connectivity index (χ3v) is 4.13. The van der Waals surface area contributed by atoms with E-state index in [1.807, 2.05) is 18.2 Å². The number of aliphatic hydroxyl groups excluding tert-OH is 1. The number of rotatable bonds is 8. The highest BCUT2D eigenvalue weighted by molar-refractivity contribution is 5.96. The van der Waals surface area contributed by atoms with Crippen molar-refractivity contribution in [2.45, 2.75) is 38.6 Å². The zero-order valence-corrected chi connectivity index (χ0v) is 12.8. The fraction of sp³-hybridized carbons (Fsp3) is 0.588. The van der Waals surface area contributed by atoms with E-state index in [1.54, 1.807) is 13.0 Å². The number of ketones is 1. The van der Waals surface area contributed by atoms with Crippen LogP contribution in [0, 0.1) is 0 Å². The smallest absolute Gasteiger partial charge is 0.163 e. The molecule has 0 unspecified atom stereocenters. The van der Waals surface area contributed by atoms with Gasteiger partial charge in [0.2, 0.25) is 0 Å². The molecule has 0 radical (unpaired) electrons. The van der Waals surface area contributed by atoms with Crippen LogP contribution in [0.5, 0.6) is 5.75 Å². The summed E-state index contributed by atoms with van der Waals surface area (Å²) in [5.74, 6) is 0.675. The van der Waals surface area contributed by atoms with Gasteiger partial charge in [-0.25, -0.2) is 0 Å². The molecule has 0 aromatic heterocycles. The molecule has 21 heavy (non-hydrogen) atoms. The number of aliphatic hydroxyl groups is 1. The summed E-state index contributed by atoms with van der Waals surface area (Å²) < 4.78 is 5.79. The number of hydrogen-bond donors (Lipinski definition) is 1. The molecule has 0 saturated heterocycles. The minimum absolute atomic E-state index is 0.0219. The van der Waals surface area contributed by atoms with Crippen molar-refractivity contribution < 1.29 is 14.6 Å². The van der Waals surface area contributed by atoms with Crippen LogP contribution < -0.4 is 4.74 Å². The molecule has 0 aliphatic heterocycles. The number of carbonyl (C=O) groups is 1. The summed E-state index contributed by atoms with van der Waals surface area (Å²) in [6, 6.07) is 7.93. The fourth-order valence-corrected chi connectivity index (χ4v) is 3.03. The summed E-state index contributed by atoms with van der Waals surface area (Å²) >= 11 is 0. The maximum atomic E-state index is 11.6. The van der Waals surface area contributed by atoms with Gasteiger partial charge in [-0.3, -0.25) is 9.69 Å². The molecule has 4 heteroatoms. The van der Waals surface area contributed by atoms with Crippen molar-refractivity contribution in [3.8, 4) is 5.75 Å². The summed E-state index contributed by atoms with van der Waals surface area (Å²) in [4.78, 5) is 13.9. The minimum atomic E-state index is 0.0219. The number of para-hydroxylation sites is 1. The topological polar surface area (TPSA) is 49.8 Å². The molecule has 0 bridgehead atoms. The molecule has 0 heterocycles. The molecule has 116 valence electrons. The minimum Gasteiger partial charge on any atom is -0.491 e. The maximum Gasteiger partial charge on any atom is 0.163 e. The Kier molecular flexibility index (Phi) is 6.21. The van der Waals surface area contributed by atoms with Gasteiger partial charge < -0.3 is 9.84 Å². The quantitative estimate of drug-likeness (QED) is 0.748. The van der Waals surface area contributed by atoms with Crippen molar-refractivity contribution in [3.63, 3.8) is 0 Å². The van der Waals surface area contributed by atoms with Crippen molar-refractivity contribution >= 4 is 5.78 Å². The van der Waals surface area contributed by atoms with Crippen molar-refractivity contribution in [1.29, 1.82) is 0 Å². The van der Waals surface area contributed by atoms with Crippen LogP contribution in [0.2, 0.25) is 0 Å². The molecule has 1 aliphatic carbocycles. The van der Waals surface area contributed by atoms with Crippen LogP contribution in [0.4, 0.5) is 0 Å². The van der Waals surface area contributed by atoms with E-state index in [-0.39, 0.29) is 12.4 Å². The summed E-state index contributed by atoms with van der Waals surface area (Å²) in [5, 5.41) is 9.20. The molecule has 1 fully saturated rings. The first-order chi connectivity index (χ1) is 10.2. The summed E-state index contributed by atoms with van der Waals surface area (Å²) in [5.41, 5.74) is 0.632. The van der Waals surface area contributed by atoms with Gasteiger partial charge in [0.05, 0.1) is 12.2 Å². The molecule has 1 aliphatic rings. The van der Waals surface area contributed by atoms with Gasteiger partial charge in [-0.2, -0.15) is 0 Å². The van der Waals surface area contributed by atoms with Gasteiger partial charge in [-0.15, -0.1) is 0 Å². The van der Waals surface area contributed by atoms with Crippen LogP contribution >= 0.6 is 0 Å². The van der Waals surface area contributed by atoms with Crippen LogP contribution in [0.3, 0.4) is 0 Å². The SMILES string of the molecule is CC(=O)c1ccccc1OCCN(CCO)C1CCCC1. The summed E-state index contributed by atoms with van der Waals surface area (Å²) in [6.45, 7) is 3.76. The fourth-order valence-electron chi connectivity index (χ4n) is 3.03. The summed E-state index contributed by atoms with van der Waals surface area (Å²) in [6.07, 6.45) is 4.98. The Labute approximate surface area is 126 Å². The summed E-state index contributed by atoms with van der Waals surface area (Å²) in [7, 11) is 0. The first kappa shape index (κ1) is 16.0. The largest absolute Gasteiger partial charge is 0.491 e. The van der Waals surface area contributed by atoms with E-state index in [4.69, 9.17) is 4.74 Å². The van der Waals surface area contributed by atoms with Crippen LogP contribution in [0.1, 0.15) is 43.0 Å². The number of ether oxygens (including phenoxy) is 1. The van der Waals surface area contributed by atoms with Gasteiger partial charge in [0, 0.05) is 19.1 Å². The van der Waals surface area contributed by atoms with Crippen molar-refractivity contribution in [3.05, 3.63) is 29.8 Å². The highest BCUT2D eigenvalue weighted by Crippen LogP contribution is 2.23. The molecule has 1 saturated carbocycles. The molecule has 1 N–H and O–H groups in total. The molecule has 4 nitrogen and oxygen atoms in total. The number of nitrogens with zero attached hydrogens (tertiary/aromatic N) is 1. The maximum absolute atomic E-state index is 11.6. The lowest BCUT2D eigenvalue weighted by molar-refractivity contribution is 0.101. The van der Waals surface area contributed by atoms with E-state index in [1.165, 1.54) is 25.7 Å². The standard InChI is InChI=1S/C17H25NO3/c1-14(20)16-8-4-5-9-17(16)21-13-11-18(10-12-19)15-6-2-3-7-15/h4-5,8-9,15,19H,2-3,6-7,10-13H2,1H3. The second-order valence-electron chi connectivity index (χ2n) is 5.60. The lowest BCUT2D eigenvalue weighted by atomic mass is 10.1. The first-order valence-electron chi connectivity index (χ1n) is 7.80. The number of carbonyl (C=O) groups excluding carboxylic acids is 1. The zero-order valence-electron chi connectivity index (χ0n) is 12.8. The molecular formula is C17H25NO3. The van der Waals surface area contributed by atoms with Crippen LogP contribution in [0.15, 0.2) is 24.3 Å². The number of hydrogen-bond acceptors (Lipinski definition) is 4. The van der Waals surface area contributed by atoms with Gasteiger partial charge in [0.25, 0.3) is 0 Å². The van der Waals surface area contributed by atoms with Gasteiger partial charge in [-0.1, -0.05) is 25.0 Å². The number of Topliss-reactive ketones (excluding diaryl/α,β-unsaturated/α-hetero) is 1. The number of benzene rings is 1. The molecule has 1 aromatic rings.